The Labute approximate surface area is 251 Å². The van der Waals surface area contributed by atoms with E-state index in [4.69, 9.17) is 19.2 Å². The number of benzene rings is 2. The maximum Gasteiger partial charge on any atom is 0.342 e. The number of carbonyl (C=O) groups excluding carboxylic acids is 2. The lowest BCUT2D eigenvalue weighted by Gasteiger charge is -2.30. The van der Waals surface area contributed by atoms with Gasteiger partial charge in [0.2, 0.25) is 0 Å². The van der Waals surface area contributed by atoms with Gasteiger partial charge in [0, 0.05) is 33.8 Å². The lowest BCUT2D eigenvalue weighted by molar-refractivity contribution is -0.137. The predicted octanol–water partition coefficient (Wildman–Crippen LogP) is 6.98. The summed E-state index contributed by atoms with van der Waals surface area (Å²) in [5.41, 5.74) is 4.55. The van der Waals surface area contributed by atoms with E-state index in [1.54, 1.807) is 18.7 Å². The fraction of sp³-hybridized carbons (Fsp3) is 0.364. The van der Waals surface area contributed by atoms with Crippen molar-refractivity contribution in [2.45, 2.75) is 60.0 Å². The van der Waals surface area contributed by atoms with Crippen LogP contribution in [0.5, 0.6) is 11.5 Å². The molecule has 1 saturated heterocycles. The number of ether oxygens (including phenoxy) is 3. The number of carbonyl (C=O) groups is 2. The molecule has 220 valence electrons. The van der Waals surface area contributed by atoms with Crippen LogP contribution in [0, 0.1) is 6.92 Å². The molecule has 1 fully saturated rings. The quantitative estimate of drug-likeness (QED) is 0.199. The van der Waals surface area contributed by atoms with Gasteiger partial charge in [0.05, 0.1) is 36.1 Å². The van der Waals surface area contributed by atoms with Crippen molar-refractivity contribution in [1.29, 1.82) is 0 Å². The molecule has 1 aromatic heterocycles. The van der Waals surface area contributed by atoms with E-state index in [1.807, 2.05) is 50.3 Å². The van der Waals surface area contributed by atoms with Gasteiger partial charge in [-0.25, -0.2) is 4.79 Å². The molecule has 0 N–H and O–H groups in total. The average Bonchev–Trinajstić information content (AvgIpc) is 3.42. The highest BCUT2D eigenvalue weighted by Crippen LogP contribution is 2.47. The highest BCUT2D eigenvalue weighted by molar-refractivity contribution is 8.05. The predicted molar refractivity (Wildman–Crippen MR) is 169 cm³/mol. The summed E-state index contributed by atoms with van der Waals surface area (Å²) in [4.78, 5) is 34.5. The second-order valence-corrected chi connectivity index (χ2v) is 11.4. The van der Waals surface area contributed by atoms with Crippen LogP contribution in [-0.4, -0.2) is 52.4 Å². The SMILES string of the molecule is CCOC(=O)C1=C(c2ccc(OCC)c(OCC)c2)N2C(=O)/C(=C\c3c(C)n(C(C)C)c4ccccc34)SC2N=C1C. The van der Waals surface area contributed by atoms with Crippen LogP contribution >= 0.6 is 11.8 Å². The fourth-order valence-corrected chi connectivity index (χ4v) is 6.80. The minimum absolute atomic E-state index is 0.201. The van der Waals surface area contributed by atoms with Gasteiger partial charge in [-0.05, 0) is 78.8 Å². The largest absolute Gasteiger partial charge is 0.490 e. The van der Waals surface area contributed by atoms with Crippen molar-refractivity contribution in [2.75, 3.05) is 19.8 Å². The van der Waals surface area contributed by atoms with Gasteiger partial charge in [0.15, 0.2) is 17.0 Å². The van der Waals surface area contributed by atoms with Gasteiger partial charge >= 0.3 is 5.97 Å². The van der Waals surface area contributed by atoms with Gasteiger partial charge in [-0.2, -0.15) is 0 Å². The Balaban J connectivity index is 1.67. The fourth-order valence-electron chi connectivity index (χ4n) is 5.67. The summed E-state index contributed by atoms with van der Waals surface area (Å²) >= 11 is 1.39. The molecule has 0 saturated carbocycles. The lowest BCUT2D eigenvalue weighted by Crippen LogP contribution is -2.37. The molecule has 3 heterocycles. The van der Waals surface area contributed by atoms with Crippen molar-refractivity contribution in [3.05, 3.63) is 69.8 Å². The topological polar surface area (TPSA) is 82.4 Å². The van der Waals surface area contributed by atoms with E-state index in [0.717, 1.165) is 22.2 Å². The summed E-state index contributed by atoms with van der Waals surface area (Å²) in [7, 11) is 0. The molecular formula is C33H37N3O5S. The third kappa shape index (κ3) is 5.11. The molecule has 2 aliphatic rings. The number of fused-ring (bicyclic) bond motifs is 2. The Morgan fingerprint density at radius 3 is 2.43 bits per heavy atom. The molecule has 2 aliphatic heterocycles. The van der Waals surface area contributed by atoms with E-state index >= 15 is 0 Å². The number of thioether (sulfide) groups is 1. The smallest absolute Gasteiger partial charge is 0.342 e. The molecule has 3 aromatic rings. The Morgan fingerprint density at radius 1 is 1.02 bits per heavy atom. The van der Waals surface area contributed by atoms with Crippen LogP contribution in [0.1, 0.15) is 64.4 Å². The number of para-hydroxylation sites is 1. The first-order chi connectivity index (χ1) is 20.2. The molecule has 0 bridgehead atoms. The third-order valence-corrected chi connectivity index (χ3v) is 8.39. The average molecular weight is 588 g/mol. The van der Waals surface area contributed by atoms with E-state index in [9.17, 15) is 9.59 Å². The molecule has 5 rings (SSSR count). The molecule has 1 atom stereocenters. The van der Waals surface area contributed by atoms with Crippen LogP contribution in [0.15, 0.2) is 57.9 Å². The van der Waals surface area contributed by atoms with Gasteiger partial charge in [-0.15, -0.1) is 0 Å². The van der Waals surface area contributed by atoms with E-state index in [1.165, 1.54) is 11.8 Å². The Hall–Kier alpha value is -3.98. The van der Waals surface area contributed by atoms with Gasteiger partial charge < -0.3 is 18.8 Å². The summed E-state index contributed by atoms with van der Waals surface area (Å²) in [6.45, 7) is 14.9. The molecule has 9 heteroatoms. The summed E-state index contributed by atoms with van der Waals surface area (Å²) in [6.07, 6.45) is 1.97. The lowest BCUT2D eigenvalue weighted by atomic mass is 9.99. The van der Waals surface area contributed by atoms with Gasteiger partial charge in [-0.1, -0.05) is 30.0 Å². The summed E-state index contributed by atoms with van der Waals surface area (Å²) in [5.74, 6) is 0.395. The summed E-state index contributed by atoms with van der Waals surface area (Å²) in [6, 6.07) is 14.0. The molecule has 1 amide bonds. The Bertz CT molecular complexity index is 1650. The van der Waals surface area contributed by atoms with Crippen molar-refractivity contribution >= 4 is 52.0 Å². The summed E-state index contributed by atoms with van der Waals surface area (Å²) in [5, 5.41) is 1.09. The molecule has 1 unspecified atom stereocenters. The Morgan fingerprint density at radius 2 is 1.74 bits per heavy atom. The van der Waals surface area contributed by atoms with Gasteiger partial charge in [0.1, 0.15) is 5.57 Å². The zero-order valence-corrected chi connectivity index (χ0v) is 26.0. The van der Waals surface area contributed by atoms with Crippen LogP contribution in [0.4, 0.5) is 0 Å². The molecule has 0 aliphatic carbocycles. The number of aliphatic imine (C=N–C) groups is 1. The van der Waals surface area contributed by atoms with E-state index in [2.05, 4.69) is 37.5 Å². The molecular weight excluding hydrogens is 550 g/mol. The summed E-state index contributed by atoms with van der Waals surface area (Å²) < 4.78 is 19.4. The van der Waals surface area contributed by atoms with Crippen LogP contribution in [0.3, 0.4) is 0 Å². The monoisotopic (exact) mass is 587 g/mol. The number of aromatic nitrogens is 1. The van der Waals surface area contributed by atoms with E-state index in [-0.39, 0.29) is 24.1 Å². The highest BCUT2D eigenvalue weighted by atomic mass is 32.2. The van der Waals surface area contributed by atoms with Crippen molar-refractivity contribution in [1.82, 2.24) is 9.47 Å². The van der Waals surface area contributed by atoms with Crippen molar-refractivity contribution in [2.24, 2.45) is 4.99 Å². The maximum absolute atomic E-state index is 14.2. The van der Waals surface area contributed by atoms with Crippen molar-refractivity contribution < 1.29 is 23.8 Å². The van der Waals surface area contributed by atoms with E-state index in [0.29, 0.717) is 46.6 Å². The first-order valence-corrected chi connectivity index (χ1v) is 15.3. The molecule has 8 nitrogen and oxygen atoms in total. The van der Waals surface area contributed by atoms with Gasteiger partial charge in [-0.3, -0.25) is 14.7 Å². The molecule has 42 heavy (non-hydrogen) atoms. The molecule has 2 aromatic carbocycles. The van der Waals surface area contributed by atoms with Crippen LogP contribution < -0.4 is 9.47 Å². The standard InChI is InChI=1S/C33H37N3O5S/c1-8-39-26-16-15-22(17-27(26)40-9-2)30-29(32(38)41-10-3)20(6)34-33-36(30)31(37)28(42-33)18-24-21(7)35(19(4)5)25-14-12-11-13-23(24)25/h11-19,33H,8-10H2,1-7H3/b28-18+. The Kier molecular flexibility index (Phi) is 8.50. The first-order valence-electron chi connectivity index (χ1n) is 14.4. The highest BCUT2D eigenvalue weighted by Gasteiger charge is 2.44. The zero-order chi connectivity index (χ0) is 30.1. The normalized spacial score (nSPS) is 17.8. The molecule has 0 spiro atoms. The second-order valence-electron chi connectivity index (χ2n) is 10.3. The number of esters is 1. The minimum atomic E-state index is -0.558. The van der Waals surface area contributed by atoms with Crippen LogP contribution in [0.2, 0.25) is 0 Å². The number of hydrogen-bond donors (Lipinski definition) is 0. The minimum Gasteiger partial charge on any atom is -0.490 e. The van der Waals surface area contributed by atoms with Crippen LogP contribution in [0.25, 0.3) is 22.7 Å². The number of amides is 1. The zero-order valence-electron chi connectivity index (χ0n) is 25.2. The van der Waals surface area contributed by atoms with Crippen molar-refractivity contribution in [3.8, 4) is 11.5 Å². The molecule has 0 radical (unpaired) electrons. The third-order valence-electron chi connectivity index (χ3n) is 7.32. The van der Waals surface area contributed by atoms with Gasteiger partial charge in [0.25, 0.3) is 5.91 Å². The number of rotatable bonds is 9. The second kappa shape index (κ2) is 12.1. The number of hydrogen-bond acceptors (Lipinski definition) is 7. The van der Waals surface area contributed by atoms with Crippen LogP contribution in [-0.2, 0) is 14.3 Å². The van der Waals surface area contributed by atoms with Crippen molar-refractivity contribution in [3.63, 3.8) is 0 Å². The first kappa shape index (κ1) is 29.5. The van der Waals surface area contributed by atoms with E-state index < -0.39 is 11.5 Å². The number of nitrogens with zero attached hydrogens (tertiary/aromatic N) is 3. The maximum atomic E-state index is 14.2.